The van der Waals surface area contributed by atoms with E-state index in [0.717, 1.165) is 11.1 Å². The van der Waals surface area contributed by atoms with Crippen molar-refractivity contribution < 1.29 is 23.5 Å². The van der Waals surface area contributed by atoms with Gasteiger partial charge in [0.15, 0.2) is 0 Å². The van der Waals surface area contributed by atoms with Gasteiger partial charge in [-0.05, 0) is 43.7 Å². The molecule has 0 bridgehead atoms. The summed E-state index contributed by atoms with van der Waals surface area (Å²) in [6.45, 7) is 3.87. The van der Waals surface area contributed by atoms with Crippen LogP contribution < -0.4 is 15.7 Å². The van der Waals surface area contributed by atoms with E-state index < -0.39 is 17.5 Å². The summed E-state index contributed by atoms with van der Waals surface area (Å²) in [7, 11) is 1.52. The molecule has 2 aromatic heterocycles. The first-order valence-corrected chi connectivity index (χ1v) is 11.1. The molecule has 4 aromatic rings. The zero-order valence-electron chi connectivity index (χ0n) is 18.3. The number of hydrogen-bond acceptors (Lipinski definition) is 7. The van der Waals surface area contributed by atoms with Crippen LogP contribution in [0.5, 0.6) is 5.75 Å². The zero-order chi connectivity index (χ0) is 23.5. The third-order valence-corrected chi connectivity index (χ3v) is 5.94. The predicted octanol–water partition coefficient (Wildman–Crippen LogP) is 5.27. The summed E-state index contributed by atoms with van der Waals surface area (Å²) in [4.78, 5) is 38.2. The van der Waals surface area contributed by atoms with Gasteiger partial charge in [0.1, 0.15) is 27.5 Å². The molecule has 4 rings (SSSR count). The Balaban J connectivity index is 1.73. The van der Waals surface area contributed by atoms with E-state index in [1.165, 1.54) is 24.5 Å². The molecule has 168 valence electrons. The molecule has 8 heteroatoms. The van der Waals surface area contributed by atoms with Crippen molar-refractivity contribution in [3.63, 3.8) is 0 Å². The lowest BCUT2D eigenvalue weighted by atomic mass is 10.0. The maximum atomic E-state index is 13.0. The highest BCUT2D eigenvalue weighted by Gasteiger charge is 2.24. The van der Waals surface area contributed by atoms with E-state index in [2.05, 4.69) is 5.32 Å². The Morgan fingerprint density at radius 3 is 2.55 bits per heavy atom. The van der Waals surface area contributed by atoms with Crippen molar-refractivity contribution in [2.45, 2.75) is 13.8 Å². The molecule has 0 saturated carbocycles. The largest absolute Gasteiger partial charge is 0.497 e. The second kappa shape index (κ2) is 9.30. The maximum absolute atomic E-state index is 13.0. The average Bonchev–Trinajstić information content (AvgIpc) is 3.22. The fourth-order valence-electron chi connectivity index (χ4n) is 3.36. The summed E-state index contributed by atoms with van der Waals surface area (Å²) in [5, 5.41) is 5.30. The molecule has 0 aliphatic carbocycles. The molecule has 0 aliphatic rings. The molecular formula is C25H21NO6S. The number of esters is 1. The molecule has 1 amide bonds. The minimum absolute atomic E-state index is 0.184. The van der Waals surface area contributed by atoms with E-state index >= 15 is 0 Å². The number of hydrogen-bond donors (Lipinski definition) is 1. The van der Waals surface area contributed by atoms with E-state index in [4.69, 9.17) is 13.9 Å². The number of nitrogens with one attached hydrogen (secondary N) is 1. The number of anilines is 1. The van der Waals surface area contributed by atoms with E-state index in [1.807, 2.05) is 31.2 Å². The minimum atomic E-state index is -0.779. The van der Waals surface area contributed by atoms with Crippen LogP contribution in [-0.4, -0.2) is 25.6 Å². The average molecular weight is 464 g/mol. The molecule has 7 nitrogen and oxygen atoms in total. The first kappa shape index (κ1) is 22.3. The van der Waals surface area contributed by atoms with E-state index in [9.17, 15) is 14.4 Å². The van der Waals surface area contributed by atoms with Gasteiger partial charge in [0.2, 0.25) is 0 Å². The summed E-state index contributed by atoms with van der Waals surface area (Å²) >= 11 is 1.18. The highest BCUT2D eigenvalue weighted by atomic mass is 32.1. The molecule has 0 unspecified atom stereocenters. The molecule has 0 spiro atoms. The molecule has 0 saturated heterocycles. The van der Waals surface area contributed by atoms with Gasteiger partial charge in [-0.25, -0.2) is 9.59 Å². The molecule has 2 heterocycles. The van der Waals surface area contributed by atoms with Crippen molar-refractivity contribution in [3.8, 4) is 16.9 Å². The predicted molar refractivity (Wildman–Crippen MR) is 127 cm³/mol. The number of fused-ring (bicyclic) bond motifs is 1. The summed E-state index contributed by atoms with van der Waals surface area (Å²) in [5.74, 6) is -0.676. The van der Waals surface area contributed by atoms with Crippen LogP contribution in [0.15, 0.2) is 63.1 Å². The number of benzene rings is 2. The molecule has 33 heavy (non-hydrogen) atoms. The Morgan fingerprint density at radius 2 is 1.85 bits per heavy atom. The number of amides is 1. The molecule has 0 aliphatic heterocycles. The highest BCUT2D eigenvalue weighted by Crippen LogP contribution is 2.36. The second-order valence-electron chi connectivity index (χ2n) is 7.25. The summed E-state index contributed by atoms with van der Waals surface area (Å²) < 4.78 is 15.7. The van der Waals surface area contributed by atoms with Crippen molar-refractivity contribution in [3.05, 3.63) is 81.0 Å². The topological polar surface area (TPSA) is 94.8 Å². The second-order valence-corrected chi connectivity index (χ2v) is 8.13. The van der Waals surface area contributed by atoms with Gasteiger partial charge in [0.25, 0.3) is 5.91 Å². The van der Waals surface area contributed by atoms with Gasteiger partial charge >= 0.3 is 11.6 Å². The normalized spacial score (nSPS) is 10.8. The number of aryl methyl sites for hydroxylation is 1. The van der Waals surface area contributed by atoms with E-state index in [1.54, 1.807) is 30.5 Å². The molecule has 2 aromatic carbocycles. The van der Waals surface area contributed by atoms with Gasteiger partial charge < -0.3 is 19.2 Å². The Kier molecular flexibility index (Phi) is 6.28. The number of thiophene rings is 1. The van der Waals surface area contributed by atoms with Crippen LogP contribution in [0.2, 0.25) is 0 Å². The third kappa shape index (κ3) is 4.51. The van der Waals surface area contributed by atoms with Crippen LogP contribution in [-0.2, 0) is 4.74 Å². The van der Waals surface area contributed by atoms with Crippen molar-refractivity contribution in [1.29, 1.82) is 0 Å². The van der Waals surface area contributed by atoms with Crippen LogP contribution in [0.25, 0.3) is 22.1 Å². The van der Waals surface area contributed by atoms with Crippen molar-refractivity contribution in [1.82, 2.24) is 0 Å². The fourth-order valence-corrected chi connectivity index (χ4v) is 4.31. The van der Waals surface area contributed by atoms with Crippen LogP contribution in [0.4, 0.5) is 5.00 Å². The number of ether oxygens (including phenoxy) is 2. The highest BCUT2D eigenvalue weighted by molar-refractivity contribution is 7.15. The first-order valence-electron chi connectivity index (χ1n) is 10.2. The van der Waals surface area contributed by atoms with Gasteiger partial charge in [-0.2, -0.15) is 0 Å². The van der Waals surface area contributed by atoms with Crippen LogP contribution in [0.1, 0.15) is 33.2 Å². The van der Waals surface area contributed by atoms with Gasteiger partial charge in [0.05, 0.1) is 13.7 Å². The fraction of sp³-hybridized carbons (Fsp3) is 0.160. The van der Waals surface area contributed by atoms with Gasteiger partial charge in [-0.1, -0.05) is 29.8 Å². The standard InChI is InChI=1S/C25H21NO6S/c1-4-31-25(29)21-19(15-7-5-14(2)6-8-15)13-33-23(21)26-22(27)18-12-16-11-17(30-3)9-10-20(16)32-24(18)28/h5-13H,4H2,1-3H3,(H,26,27). The van der Waals surface area contributed by atoms with Crippen molar-refractivity contribution in [2.24, 2.45) is 0 Å². The van der Waals surface area contributed by atoms with Crippen molar-refractivity contribution >= 4 is 39.2 Å². The minimum Gasteiger partial charge on any atom is -0.497 e. The number of carbonyl (C=O) groups excluding carboxylic acids is 2. The maximum Gasteiger partial charge on any atom is 0.349 e. The van der Waals surface area contributed by atoms with Gasteiger partial charge in [-0.3, -0.25) is 4.79 Å². The molecular weight excluding hydrogens is 442 g/mol. The lowest BCUT2D eigenvalue weighted by molar-refractivity contribution is 0.0529. The van der Waals surface area contributed by atoms with Crippen LogP contribution in [0, 0.1) is 6.92 Å². The van der Waals surface area contributed by atoms with Crippen molar-refractivity contribution in [2.75, 3.05) is 19.0 Å². The number of carbonyl (C=O) groups is 2. The Labute approximate surface area is 193 Å². The molecule has 0 radical (unpaired) electrons. The monoisotopic (exact) mass is 463 g/mol. The molecule has 0 fully saturated rings. The van der Waals surface area contributed by atoms with E-state index in [-0.39, 0.29) is 17.7 Å². The molecule has 0 atom stereocenters. The lowest BCUT2D eigenvalue weighted by Crippen LogP contribution is -2.21. The smallest absolute Gasteiger partial charge is 0.349 e. The Bertz CT molecular complexity index is 1400. The lowest BCUT2D eigenvalue weighted by Gasteiger charge is -2.09. The summed E-state index contributed by atoms with van der Waals surface area (Å²) in [5.41, 5.74) is 2.16. The van der Waals surface area contributed by atoms with Crippen LogP contribution >= 0.6 is 11.3 Å². The summed E-state index contributed by atoms with van der Waals surface area (Å²) in [6.07, 6.45) is 0. The Morgan fingerprint density at radius 1 is 1.09 bits per heavy atom. The van der Waals surface area contributed by atoms with Gasteiger partial charge in [-0.15, -0.1) is 11.3 Å². The first-order chi connectivity index (χ1) is 15.9. The zero-order valence-corrected chi connectivity index (χ0v) is 19.1. The quantitative estimate of drug-likeness (QED) is 0.309. The molecule has 1 N–H and O–H groups in total. The van der Waals surface area contributed by atoms with Crippen LogP contribution in [0.3, 0.4) is 0 Å². The van der Waals surface area contributed by atoms with E-state index in [0.29, 0.717) is 27.3 Å². The number of methoxy groups -OCH3 is 1. The SMILES string of the molecule is CCOC(=O)c1c(-c2ccc(C)cc2)csc1NC(=O)c1cc2cc(OC)ccc2oc1=O. The Hall–Kier alpha value is -3.91. The summed E-state index contributed by atoms with van der Waals surface area (Å²) in [6, 6.07) is 14.0. The van der Waals surface area contributed by atoms with Gasteiger partial charge in [0, 0.05) is 16.3 Å². The third-order valence-electron chi connectivity index (χ3n) is 5.04. The number of rotatable bonds is 6.